The van der Waals surface area contributed by atoms with Gasteiger partial charge in [-0.25, -0.2) is 4.98 Å². The maximum Gasteiger partial charge on any atom is 0.328 e. The highest BCUT2D eigenvalue weighted by Gasteiger charge is 2.40. The zero-order chi connectivity index (χ0) is 12.9. The molecule has 0 bridgehead atoms. The van der Waals surface area contributed by atoms with E-state index in [1.807, 2.05) is 0 Å². The van der Waals surface area contributed by atoms with Crippen molar-refractivity contribution in [2.75, 3.05) is 6.61 Å². The SMILES string of the molecule is NC(CO)(C(=O)O)C(O)CCCc1cnc[nH]1. The number of rotatable bonds is 7. The van der Waals surface area contributed by atoms with E-state index in [2.05, 4.69) is 9.97 Å². The maximum absolute atomic E-state index is 10.8. The average molecular weight is 243 g/mol. The molecule has 6 N–H and O–H groups in total. The van der Waals surface area contributed by atoms with Crippen molar-refractivity contribution in [2.45, 2.75) is 30.9 Å². The Kier molecular flexibility index (Phi) is 4.62. The first-order valence-electron chi connectivity index (χ1n) is 5.29. The number of aromatic nitrogens is 2. The second kappa shape index (κ2) is 5.76. The molecule has 0 aromatic carbocycles. The summed E-state index contributed by atoms with van der Waals surface area (Å²) in [5, 5.41) is 27.4. The Hall–Kier alpha value is -1.44. The van der Waals surface area contributed by atoms with Gasteiger partial charge in [0, 0.05) is 11.9 Å². The molecule has 0 aliphatic carbocycles. The Balaban J connectivity index is 2.43. The number of hydrogen-bond acceptors (Lipinski definition) is 5. The minimum Gasteiger partial charge on any atom is -0.480 e. The average Bonchev–Trinajstić information content (AvgIpc) is 2.80. The fourth-order valence-corrected chi connectivity index (χ4v) is 1.48. The molecular formula is C10H17N3O4. The Morgan fingerprint density at radius 1 is 1.65 bits per heavy atom. The van der Waals surface area contributed by atoms with E-state index in [9.17, 15) is 9.90 Å². The van der Waals surface area contributed by atoms with Crippen LogP contribution in [-0.2, 0) is 11.2 Å². The highest BCUT2D eigenvalue weighted by atomic mass is 16.4. The lowest BCUT2D eigenvalue weighted by Gasteiger charge is -2.27. The van der Waals surface area contributed by atoms with Crippen LogP contribution in [0.4, 0.5) is 0 Å². The molecule has 0 fully saturated rings. The summed E-state index contributed by atoms with van der Waals surface area (Å²) in [5.41, 5.74) is 4.33. The molecule has 0 saturated heterocycles. The summed E-state index contributed by atoms with van der Waals surface area (Å²) in [7, 11) is 0. The lowest BCUT2D eigenvalue weighted by atomic mass is 9.91. The molecule has 0 aliphatic rings. The van der Waals surface area contributed by atoms with Crippen molar-refractivity contribution >= 4 is 5.97 Å². The van der Waals surface area contributed by atoms with E-state index < -0.39 is 24.2 Å². The zero-order valence-electron chi connectivity index (χ0n) is 9.33. The van der Waals surface area contributed by atoms with Gasteiger partial charge in [0.15, 0.2) is 5.54 Å². The van der Waals surface area contributed by atoms with Crippen LogP contribution in [0, 0.1) is 0 Å². The number of aliphatic hydroxyl groups is 2. The third-order valence-corrected chi connectivity index (χ3v) is 2.73. The second-order valence-corrected chi connectivity index (χ2v) is 3.99. The lowest BCUT2D eigenvalue weighted by molar-refractivity contribution is -0.150. The number of carboxylic acid groups (broad SMARTS) is 1. The molecule has 1 aromatic heterocycles. The number of hydrogen-bond donors (Lipinski definition) is 5. The Labute approximate surface area is 98.3 Å². The molecule has 96 valence electrons. The number of nitrogens with two attached hydrogens (primary N) is 1. The number of nitrogens with zero attached hydrogens (tertiary/aromatic N) is 1. The Morgan fingerprint density at radius 3 is 2.82 bits per heavy atom. The topological polar surface area (TPSA) is 132 Å². The van der Waals surface area contributed by atoms with Crippen LogP contribution in [0.2, 0.25) is 0 Å². The van der Waals surface area contributed by atoms with E-state index >= 15 is 0 Å². The quantitative estimate of drug-likeness (QED) is 0.411. The second-order valence-electron chi connectivity index (χ2n) is 3.99. The largest absolute Gasteiger partial charge is 0.480 e. The number of H-pyrrole nitrogens is 1. The third kappa shape index (κ3) is 3.26. The molecule has 0 radical (unpaired) electrons. The van der Waals surface area contributed by atoms with Crippen LogP contribution < -0.4 is 5.73 Å². The molecule has 2 atom stereocenters. The van der Waals surface area contributed by atoms with Crippen molar-refractivity contribution in [2.24, 2.45) is 5.73 Å². The molecule has 0 spiro atoms. The molecule has 0 saturated carbocycles. The first kappa shape index (κ1) is 13.6. The molecular weight excluding hydrogens is 226 g/mol. The number of aliphatic hydroxyl groups excluding tert-OH is 2. The summed E-state index contributed by atoms with van der Waals surface area (Å²) < 4.78 is 0. The molecule has 1 aromatic rings. The number of aliphatic carboxylic acids is 1. The van der Waals surface area contributed by atoms with Gasteiger partial charge in [-0.1, -0.05) is 0 Å². The van der Waals surface area contributed by atoms with Gasteiger partial charge in [-0.05, 0) is 19.3 Å². The third-order valence-electron chi connectivity index (χ3n) is 2.73. The summed E-state index contributed by atoms with van der Waals surface area (Å²) in [5.74, 6) is -1.41. The maximum atomic E-state index is 10.8. The molecule has 2 unspecified atom stereocenters. The van der Waals surface area contributed by atoms with Crippen molar-refractivity contribution < 1.29 is 20.1 Å². The fraction of sp³-hybridized carbons (Fsp3) is 0.600. The predicted octanol–water partition coefficient (Wildman–Crippen LogP) is -1.13. The Morgan fingerprint density at radius 2 is 2.35 bits per heavy atom. The van der Waals surface area contributed by atoms with Crippen LogP contribution in [0.1, 0.15) is 18.5 Å². The molecule has 1 rings (SSSR count). The summed E-state index contributed by atoms with van der Waals surface area (Å²) in [6.45, 7) is -0.798. The lowest BCUT2D eigenvalue weighted by Crippen LogP contribution is -2.60. The van der Waals surface area contributed by atoms with Gasteiger partial charge in [0.25, 0.3) is 0 Å². The first-order valence-corrected chi connectivity index (χ1v) is 5.29. The number of carbonyl (C=O) groups is 1. The van der Waals surface area contributed by atoms with Crippen LogP contribution in [-0.4, -0.2) is 49.5 Å². The van der Waals surface area contributed by atoms with Gasteiger partial charge in [0.2, 0.25) is 0 Å². The highest BCUT2D eigenvalue weighted by molar-refractivity contribution is 5.79. The van der Waals surface area contributed by atoms with Gasteiger partial charge in [0.1, 0.15) is 0 Å². The van der Waals surface area contributed by atoms with Crippen LogP contribution in [0.3, 0.4) is 0 Å². The highest BCUT2D eigenvalue weighted by Crippen LogP contribution is 2.14. The smallest absolute Gasteiger partial charge is 0.328 e. The zero-order valence-corrected chi connectivity index (χ0v) is 9.33. The Bertz CT molecular complexity index is 354. The van der Waals surface area contributed by atoms with Gasteiger partial charge in [-0.15, -0.1) is 0 Å². The number of carboxylic acids is 1. The standard InChI is InChI=1S/C10H17N3O4/c11-10(5-14,9(16)17)8(15)3-1-2-7-4-12-6-13-7/h4,6,8,14-15H,1-3,5,11H2,(H,12,13)(H,16,17). The number of aryl methyl sites for hydroxylation is 1. The molecule has 0 amide bonds. The number of nitrogens with one attached hydrogen (secondary N) is 1. The van der Waals surface area contributed by atoms with E-state index in [1.165, 1.54) is 0 Å². The minimum absolute atomic E-state index is 0.197. The molecule has 17 heavy (non-hydrogen) atoms. The van der Waals surface area contributed by atoms with Crippen molar-refractivity contribution in [3.05, 3.63) is 18.2 Å². The van der Waals surface area contributed by atoms with Crippen LogP contribution in [0.25, 0.3) is 0 Å². The van der Waals surface area contributed by atoms with Crippen LogP contribution in [0.5, 0.6) is 0 Å². The normalized spacial score (nSPS) is 16.4. The van der Waals surface area contributed by atoms with Gasteiger partial charge >= 0.3 is 5.97 Å². The van der Waals surface area contributed by atoms with E-state index in [1.54, 1.807) is 12.5 Å². The summed E-state index contributed by atoms with van der Waals surface area (Å²) in [6, 6.07) is 0. The van der Waals surface area contributed by atoms with E-state index in [0.29, 0.717) is 12.8 Å². The predicted molar refractivity (Wildman–Crippen MR) is 59.2 cm³/mol. The van der Waals surface area contributed by atoms with E-state index in [-0.39, 0.29) is 6.42 Å². The molecule has 7 nitrogen and oxygen atoms in total. The molecule has 7 heteroatoms. The summed E-state index contributed by atoms with van der Waals surface area (Å²) in [6.07, 6.45) is 3.30. The van der Waals surface area contributed by atoms with Gasteiger partial charge in [0.05, 0.1) is 19.0 Å². The molecule has 0 aliphatic heterocycles. The van der Waals surface area contributed by atoms with Crippen molar-refractivity contribution in [3.63, 3.8) is 0 Å². The van der Waals surface area contributed by atoms with Gasteiger partial charge < -0.3 is 26.0 Å². The van der Waals surface area contributed by atoms with Crippen molar-refractivity contribution in [3.8, 4) is 0 Å². The first-order chi connectivity index (χ1) is 8.00. The summed E-state index contributed by atoms with van der Waals surface area (Å²) >= 11 is 0. The van der Waals surface area contributed by atoms with Crippen molar-refractivity contribution in [1.29, 1.82) is 0 Å². The van der Waals surface area contributed by atoms with Gasteiger partial charge in [-0.2, -0.15) is 0 Å². The number of aromatic amines is 1. The monoisotopic (exact) mass is 243 g/mol. The van der Waals surface area contributed by atoms with Crippen molar-refractivity contribution in [1.82, 2.24) is 9.97 Å². The van der Waals surface area contributed by atoms with Crippen LogP contribution in [0.15, 0.2) is 12.5 Å². The van der Waals surface area contributed by atoms with Gasteiger partial charge in [-0.3, -0.25) is 4.79 Å². The van der Waals surface area contributed by atoms with E-state index in [0.717, 1.165) is 5.69 Å². The minimum atomic E-state index is -1.99. The fourth-order valence-electron chi connectivity index (χ4n) is 1.48. The van der Waals surface area contributed by atoms with E-state index in [4.69, 9.17) is 15.9 Å². The molecule has 1 heterocycles. The number of imidazole rings is 1. The van der Waals surface area contributed by atoms with Crippen LogP contribution >= 0.6 is 0 Å². The summed E-state index contributed by atoms with van der Waals surface area (Å²) in [4.78, 5) is 17.6.